The quantitative estimate of drug-likeness (QED) is 0.441. The van der Waals surface area contributed by atoms with E-state index >= 15 is 0 Å². The lowest BCUT2D eigenvalue weighted by Crippen LogP contribution is -2.43. The number of fused-ring (bicyclic) bond motifs is 1. The van der Waals surface area contributed by atoms with Gasteiger partial charge in [0.25, 0.3) is 0 Å². The van der Waals surface area contributed by atoms with E-state index in [0.717, 1.165) is 0 Å². The molecule has 6 heteroatoms. The number of furan rings is 1. The largest absolute Gasteiger partial charge is 0.543 e. The highest BCUT2D eigenvalue weighted by atomic mass is 28.4. The van der Waals surface area contributed by atoms with Gasteiger partial charge in [-0.15, -0.1) is 0 Å². The minimum absolute atomic E-state index is 0.0204. The van der Waals surface area contributed by atoms with E-state index in [4.69, 9.17) is 13.6 Å². The van der Waals surface area contributed by atoms with Crippen molar-refractivity contribution in [2.45, 2.75) is 45.8 Å². The Morgan fingerprint density at radius 1 is 1.29 bits per heavy atom. The topological polar surface area (TPSA) is 65.7 Å². The monoisotopic (exact) mass is 348 g/mol. The normalized spacial score (nSPS) is 12.2. The molecule has 0 spiro atoms. The highest BCUT2D eigenvalue weighted by molar-refractivity contribution is 6.74. The lowest BCUT2D eigenvalue weighted by atomic mass is 10.1. The summed E-state index contributed by atoms with van der Waals surface area (Å²) in [4.78, 5) is 23.4. The third-order valence-corrected chi connectivity index (χ3v) is 8.81. The zero-order valence-corrected chi connectivity index (χ0v) is 16.1. The van der Waals surface area contributed by atoms with Crippen molar-refractivity contribution in [3.63, 3.8) is 0 Å². The van der Waals surface area contributed by atoms with E-state index in [1.54, 1.807) is 25.1 Å². The molecule has 1 heterocycles. The lowest BCUT2D eigenvalue weighted by molar-refractivity contribution is 0.0525. The number of carbonyl (C=O) groups is 2. The first-order chi connectivity index (χ1) is 11.1. The van der Waals surface area contributed by atoms with E-state index < -0.39 is 14.3 Å². The van der Waals surface area contributed by atoms with Crippen LogP contribution in [0.15, 0.2) is 22.6 Å². The standard InChI is InChI=1S/C18H24O5Si/c1-7-21-17(20)16-13-10-12(23-24(5,6)18(2,3)4)8-9-14(13)22-15(16)11-19/h8-11H,7H2,1-6H3. The third-order valence-electron chi connectivity index (χ3n) is 4.45. The maximum atomic E-state index is 12.2. The minimum Gasteiger partial charge on any atom is -0.543 e. The van der Waals surface area contributed by atoms with Crippen molar-refractivity contribution in [2.24, 2.45) is 0 Å². The molecule has 2 rings (SSSR count). The minimum atomic E-state index is -2.01. The van der Waals surface area contributed by atoms with Crippen LogP contribution in [0.4, 0.5) is 0 Å². The van der Waals surface area contributed by atoms with Crippen LogP contribution in [0.2, 0.25) is 18.1 Å². The van der Waals surface area contributed by atoms with Crippen LogP contribution in [-0.4, -0.2) is 27.2 Å². The summed E-state index contributed by atoms with van der Waals surface area (Å²) in [5.41, 5.74) is 0.616. The van der Waals surface area contributed by atoms with Crippen LogP contribution in [0.25, 0.3) is 11.0 Å². The molecule has 130 valence electrons. The Bertz CT molecular complexity index is 768. The van der Waals surface area contributed by atoms with Gasteiger partial charge in [0.1, 0.15) is 16.9 Å². The molecule has 24 heavy (non-hydrogen) atoms. The van der Waals surface area contributed by atoms with Crippen molar-refractivity contribution < 1.29 is 23.2 Å². The molecule has 0 radical (unpaired) electrons. The number of rotatable bonds is 5. The van der Waals surface area contributed by atoms with Gasteiger partial charge in [-0.05, 0) is 43.3 Å². The maximum absolute atomic E-state index is 12.2. The average molecular weight is 348 g/mol. The SMILES string of the molecule is CCOC(=O)c1c(C=O)oc2ccc(O[Si](C)(C)C(C)(C)C)cc12. The van der Waals surface area contributed by atoms with E-state index in [2.05, 4.69) is 33.9 Å². The fraction of sp³-hybridized carbons (Fsp3) is 0.444. The predicted octanol–water partition coefficient (Wildman–Crippen LogP) is 4.81. The summed E-state index contributed by atoms with van der Waals surface area (Å²) in [5.74, 6) is 0.0774. The molecule has 2 aromatic rings. The fourth-order valence-electron chi connectivity index (χ4n) is 2.10. The van der Waals surface area contributed by atoms with Crippen molar-refractivity contribution in [1.29, 1.82) is 0 Å². The second-order valence-corrected chi connectivity index (χ2v) is 11.9. The zero-order valence-electron chi connectivity index (χ0n) is 15.1. The van der Waals surface area contributed by atoms with Crippen molar-refractivity contribution in [2.75, 3.05) is 6.61 Å². The highest BCUT2D eigenvalue weighted by Gasteiger charge is 2.39. The molecular weight excluding hydrogens is 324 g/mol. The van der Waals surface area contributed by atoms with Crippen LogP contribution in [0.3, 0.4) is 0 Å². The molecule has 0 atom stereocenters. The van der Waals surface area contributed by atoms with Crippen molar-refractivity contribution in [3.05, 3.63) is 29.5 Å². The van der Waals surface area contributed by atoms with Gasteiger partial charge in [-0.25, -0.2) is 4.79 Å². The van der Waals surface area contributed by atoms with Gasteiger partial charge < -0.3 is 13.6 Å². The molecule has 1 aromatic carbocycles. The summed E-state index contributed by atoms with van der Waals surface area (Å²) in [5, 5.41) is 0.586. The summed E-state index contributed by atoms with van der Waals surface area (Å²) in [7, 11) is -2.01. The van der Waals surface area contributed by atoms with E-state index in [1.807, 2.05) is 0 Å². The number of ether oxygens (including phenoxy) is 1. The predicted molar refractivity (Wildman–Crippen MR) is 95.4 cm³/mol. The number of hydrogen-bond acceptors (Lipinski definition) is 5. The summed E-state index contributed by atoms with van der Waals surface area (Å²) < 4.78 is 16.8. The molecule has 0 aliphatic rings. The second-order valence-electron chi connectivity index (χ2n) is 7.20. The molecule has 1 aromatic heterocycles. The van der Waals surface area contributed by atoms with Crippen LogP contribution in [0.1, 0.15) is 48.6 Å². The molecule has 0 fully saturated rings. The van der Waals surface area contributed by atoms with Gasteiger partial charge in [-0.2, -0.15) is 0 Å². The van der Waals surface area contributed by atoms with Crippen LogP contribution in [-0.2, 0) is 4.74 Å². The van der Waals surface area contributed by atoms with Crippen LogP contribution in [0.5, 0.6) is 5.75 Å². The molecule has 0 bridgehead atoms. The number of aldehydes is 1. The zero-order chi connectivity index (χ0) is 18.1. The van der Waals surface area contributed by atoms with E-state index in [1.165, 1.54) is 0 Å². The van der Waals surface area contributed by atoms with Gasteiger partial charge in [0, 0.05) is 5.39 Å². The Kier molecular flexibility index (Phi) is 4.89. The summed E-state index contributed by atoms with van der Waals surface area (Å²) >= 11 is 0. The molecular formula is C18H24O5Si. The first-order valence-electron chi connectivity index (χ1n) is 7.98. The maximum Gasteiger partial charge on any atom is 0.342 e. The number of esters is 1. The van der Waals surface area contributed by atoms with E-state index in [9.17, 15) is 9.59 Å². The fourth-order valence-corrected chi connectivity index (χ4v) is 3.13. The molecule has 0 aliphatic carbocycles. The highest BCUT2D eigenvalue weighted by Crippen LogP contribution is 2.38. The first-order valence-corrected chi connectivity index (χ1v) is 10.9. The van der Waals surface area contributed by atoms with Crippen molar-refractivity contribution >= 4 is 31.5 Å². The summed E-state index contributed by atoms with van der Waals surface area (Å²) in [6.45, 7) is 12.7. The van der Waals surface area contributed by atoms with E-state index in [-0.39, 0.29) is 23.0 Å². The van der Waals surface area contributed by atoms with Crippen LogP contribution in [0, 0.1) is 0 Å². The molecule has 5 nitrogen and oxygen atoms in total. The Balaban J connectivity index is 2.52. The van der Waals surface area contributed by atoms with Crippen LogP contribution >= 0.6 is 0 Å². The van der Waals surface area contributed by atoms with Gasteiger partial charge in [0.2, 0.25) is 8.32 Å². The van der Waals surface area contributed by atoms with Gasteiger partial charge >= 0.3 is 5.97 Å². The number of hydrogen-bond donors (Lipinski definition) is 0. The molecule has 0 amide bonds. The van der Waals surface area contributed by atoms with Gasteiger partial charge in [0.05, 0.1) is 6.61 Å². The molecule has 0 aliphatic heterocycles. The Labute approximate surface area is 143 Å². The molecule has 0 saturated heterocycles. The van der Waals surface area contributed by atoms with Crippen LogP contribution < -0.4 is 4.43 Å². The first kappa shape index (κ1) is 18.3. The second kappa shape index (κ2) is 6.43. The summed E-state index contributed by atoms with van der Waals surface area (Å²) in [6.07, 6.45) is 0.528. The molecule has 0 unspecified atom stereocenters. The Hall–Kier alpha value is -2.08. The van der Waals surface area contributed by atoms with Gasteiger partial charge in [0.15, 0.2) is 12.0 Å². The lowest BCUT2D eigenvalue weighted by Gasteiger charge is -2.36. The Morgan fingerprint density at radius 2 is 1.96 bits per heavy atom. The molecule has 0 saturated carbocycles. The number of benzene rings is 1. The molecule has 0 N–H and O–H groups in total. The Morgan fingerprint density at radius 3 is 2.50 bits per heavy atom. The summed E-state index contributed by atoms with van der Waals surface area (Å²) in [6, 6.07) is 5.27. The smallest absolute Gasteiger partial charge is 0.342 e. The number of carbonyl (C=O) groups excluding carboxylic acids is 2. The van der Waals surface area contributed by atoms with E-state index in [0.29, 0.717) is 23.0 Å². The average Bonchev–Trinajstić information content (AvgIpc) is 2.83. The van der Waals surface area contributed by atoms with Crippen molar-refractivity contribution in [1.82, 2.24) is 0 Å². The van der Waals surface area contributed by atoms with Gasteiger partial charge in [-0.3, -0.25) is 4.79 Å². The third kappa shape index (κ3) is 3.38. The van der Waals surface area contributed by atoms with Crippen molar-refractivity contribution in [3.8, 4) is 5.75 Å². The van der Waals surface area contributed by atoms with Gasteiger partial charge in [-0.1, -0.05) is 20.8 Å².